The van der Waals surface area contributed by atoms with Crippen LogP contribution < -0.4 is 5.32 Å². The van der Waals surface area contributed by atoms with Gasteiger partial charge in [-0.25, -0.2) is 0 Å². The Bertz CT molecular complexity index is 1310. The zero-order chi connectivity index (χ0) is 24.0. The molecule has 2 aromatic rings. The van der Waals surface area contributed by atoms with Gasteiger partial charge in [-0.05, 0) is 39.5 Å². The summed E-state index contributed by atoms with van der Waals surface area (Å²) in [5.41, 5.74) is 28.5. The molecule has 0 saturated heterocycles. The minimum absolute atomic E-state index is 0.643. The maximum atomic E-state index is 9.01. The number of hydrogen-bond donors (Lipinski definition) is 1. The van der Waals surface area contributed by atoms with Crippen molar-refractivity contribution in [1.82, 2.24) is 4.90 Å². The number of nitrogens with zero attached hydrogens (tertiary/aromatic N) is 5. The van der Waals surface area contributed by atoms with Gasteiger partial charge in [0, 0.05) is 50.4 Å². The fourth-order valence-corrected chi connectivity index (χ4v) is 4.93. The maximum Gasteiger partial charge on any atom is 0.295 e. The molecule has 0 radical (unpaired) electrons. The van der Waals surface area contributed by atoms with Crippen LogP contribution in [0.3, 0.4) is 0 Å². The molecule has 5 rings (SSSR count). The fraction of sp³-hybridized carbons (Fsp3) is 0.241. The van der Waals surface area contributed by atoms with Crippen LogP contribution in [-0.2, 0) is 6.42 Å². The van der Waals surface area contributed by atoms with Crippen molar-refractivity contribution in [3.63, 3.8) is 0 Å². The molecule has 0 aromatic heterocycles. The van der Waals surface area contributed by atoms with Crippen LogP contribution in [0.4, 0.5) is 5.69 Å². The number of allylic oxidation sites excluding steroid dienone is 4. The van der Waals surface area contributed by atoms with Crippen LogP contribution in [0.1, 0.15) is 24.0 Å². The molecular formula is C29H28N6. The Morgan fingerprint density at radius 2 is 1.43 bits per heavy atom. The van der Waals surface area contributed by atoms with Crippen molar-refractivity contribution in [2.24, 2.45) is 0 Å². The van der Waals surface area contributed by atoms with E-state index < -0.39 is 0 Å². The van der Waals surface area contributed by atoms with Gasteiger partial charge in [0.15, 0.2) is 0 Å². The zero-order valence-corrected chi connectivity index (χ0v) is 19.7. The Hall–Kier alpha value is -4.08. The molecule has 0 amide bonds. The molecule has 0 spiro atoms. The molecule has 6 heteroatoms. The van der Waals surface area contributed by atoms with E-state index in [9.17, 15) is 0 Å². The van der Waals surface area contributed by atoms with E-state index in [0.717, 1.165) is 32.6 Å². The van der Waals surface area contributed by atoms with Crippen molar-refractivity contribution in [2.45, 2.75) is 19.3 Å². The predicted molar refractivity (Wildman–Crippen MR) is 141 cm³/mol. The van der Waals surface area contributed by atoms with E-state index >= 15 is 0 Å². The third-order valence-corrected chi connectivity index (χ3v) is 6.79. The summed E-state index contributed by atoms with van der Waals surface area (Å²) >= 11 is 0. The third kappa shape index (κ3) is 5.21. The molecular weight excluding hydrogens is 432 g/mol. The number of anilines is 1. The van der Waals surface area contributed by atoms with Crippen molar-refractivity contribution in [3.8, 4) is 11.1 Å². The number of nitrogens with one attached hydrogen (secondary N) is 1. The van der Waals surface area contributed by atoms with Crippen LogP contribution in [0.2, 0.25) is 0 Å². The van der Waals surface area contributed by atoms with Gasteiger partial charge >= 0.3 is 0 Å². The molecule has 0 heterocycles. The zero-order valence-electron chi connectivity index (χ0n) is 19.7. The Kier molecular flexibility index (Phi) is 6.78. The number of rotatable bonds is 8. The van der Waals surface area contributed by atoms with Gasteiger partial charge in [-0.2, -0.15) is 9.58 Å². The highest BCUT2D eigenvalue weighted by Crippen LogP contribution is 2.39. The summed E-state index contributed by atoms with van der Waals surface area (Å²) in [7, 11) is 0. The Morgan fingerprint density at radius 1 is 0.771 bits per heavy atom. The van der Waals surface area contributed by atoms with Crippen molar-refractivity contribution in [3.05, 3.63) is 112 Å². The van der Waals surface area contributed by atoms with E-state index in [1.807, 2.05) is 24.3 Å². The molecule has 35 heavy (non-hydrogen) atoms. The van der Waals surface area contributed by atoms with Gasteiger partial charge in [-0.3, -0.25) is 4.90 Å². The van der Waals surface area contributed by atoms with E-state index in [2.05, 4.69) is 74.4 Å². The normalized spacial score (nSPS) is 15.8. The lowest BCUT2D eigenvalue weighted by molar-refractivity contribution is -0.00588. The first-order valence-corrected chi connectivity index (χ1v) is 12.1. The average Bonchev–Trinajstić information content (AvgIpc) is 3.29. The lowest BCUT2D eigenvalue weighted by Gasteiger charge is -2.25. The molecule has 1 N–H and O–H groups in total. The SMILES string of the molecule is [N-]=[N+]=C1C=CC(CN(CCNc2cccc3c2Cc2ccccc2-3)CC2=CCC(=[N+]=[N-])C=C2)=CC1. The molecule has 0 fully saturated rings. The minimum Gasteiger partial charge on any atom is -0.384 e. The minimum atomic E-state index is 0.643. The lowest BCUT2D eigenvalue weighted by atomic mass is 10.0. The summed E-state index contributed by atoms with van der Waals surface area (Å²) in [5, 5.41) is 3.70. The van der Waals surface area contributed by atoms with E-state index in [1.54, 1.807) is 0 Å². The summed E-state index contributed by atoms with van der Waals surface area (Å²) in [6.07, 6.45) is 14.3. The van der Waals surface area contributed by atoms with Gasteiger partial charge in [0.1, 0.15) is 0 Å². The second kappa shape index (κ2) is 10.5. The molecule has 3 aliphatic carbocycles. The number of fused-ring (bicyclic) bond motifs is 3. The van der Waals surface area contributed by atoms with Gasteiger partial charge in [-0.1, -0.05) is 60.7 Å². The second-order valence-electron chi connectivity index (χ2n) is 9.12. The third-order valence-electron chi connectivity index (χ3n) is 6.79. The van der Waals surface area contributed by atoms with E-state index in [-0.39, 0.29) is 0 Å². The Morgan fingerprint density at radius 3 is 2.06 bits per heavy atom. The molecule has 0 aliphatic heterocycles. The quantitative estimate of drug-likeness (QED) is 0.375. The monoisotopic (exact) mass is 460 g/mol. The van der Waals surface area contributed by atoms with Gasteiger partial charge < -0.3 is 16.4 Å². The van der Waals surface area contributed by atoms with Crippen LogP contribution in [0.5, 0.6) is 0 Å². The Labute approximate surface area is 205 Å². The van der Waals surface area contributed by atoms with Crippen molar-refractivity contribution >= 4 is 17.1 Å². The van der Waals surface area contributed by atoms with Gasteiger partial charge in [0.05, 0.1) is 12.8 Å². The molecule has 2 aromatic carbocycles. The van der Waals surface area contributed by atoms with Crippen molar-refractivity contribution in [1.29, 1.82) is 0 Å². The van der Waals surface area contributed by atoms with E-state index in [0.29, 0.717) is 24.3 Å². The summed E-state index contributed by atoms with van der Waals surface area (Å²) in [5.74, 6) is 0. The average molecular weight is 461 g/mol. The highest BCUT2D eigenvalue weighted by atomic mass is 15.1. The fourth-order valence-electron chi connectivity index (χ4n) is 4.93. The van der Waals surface area contributed by atoms with Crippen LogP contribution in [0, 0.1) is 0 Å². The Balaban J connectivity index is 1.27. The molecule has 6 nitrogen and oxygen atoms in total. The largest absolute Gasteiger partial charge is 0.384 e. The summed E-state index contributed by atoms with van der Waals surface area (Å²) in [4.78, 5) is 9.03. The van der Waals surface area contributed by atoms with Crippen LogP contribution in [0.15, 0.2) is 90.1 Å². The maximum absolute atomic E-state index is 9.01. The molecule has 0 saturated carbocycles. The second-order valence-corrected chi connectivity index (χ2v) is 9.12. The summed E-state index contributed by atoms with van der Waals surface area (Å²) in [6.45, 7) is 3.31. The van der Waals surface area contributed by atoms with Crippen molar-refractivity contribution in [2.75, 3.05) is 31.5 Å². The lowest BCUT2D eigenvalue weighted by Crippen LogP contribution is -2.33. The highest BCUT2D eigenvalue weighted by Gasteiger charge is 2.20. The molecule has 0 bridgehead atoms. The first-order chi connectivity index (χ1) is 17.2. The molecule has 3 aliphatic rings. The smallest absolute Gasteiger partial charge is 0.295 e. The highest BCUT2D eigenvalue weighted by molar-refractivity contribution is 5.93. The topological polar surface area (TPSA) is 88.1 Å². The molecule has 0 atom stereocenters. The molecule has 174 valence electrons. The van der Waals surface area contributed by atoms with Gasteiger partial charge in [0.2, 0.25) is 0 Å². The van der Waals surface area contributed by atoms with Crippen LogP contribution >= 0.6 is 0 Å². The predicted octanol–water partition coefficient (Wildman–Crippen LogP) is 5.09. The summed E-state index contributed by atoms with van der Waals surface area (Å²) < 4.78 is 0. The first kappa shape index (κ1) is 22.7. The standard InChI is InChI=1S/C29H28N6/c30-33-24-12-8-21(9-13-24)19-35(20-22-10-14-25(34-31)15-11-22)17-16-32-29-7-3-6-27-26-5-2-1-4-23(26)18-28(27)29/h1-12,14,32H,13,15-20H2. The van der Waals surface area contributed by atoms with Crippen LogP contribution in [0.25, 0.3) is 22.2 Å². The van der Waals surface area contributed by atoms with Gasteiger partial charge in [-0.15, -0.1) is 0 Å². The summed E-state index contributed by atoms with van der Waals surface area (Å²) in [6, 6.07) is 15.2. The van der Waals surface area contributed by atoms with Crippen LogP contribution in [-0.4, -0.2) is 52.1 Å². The van der Waals surface area contributed by atoms with E-state index in [4.69, 9.17) is 11.1 Å². The number of hydrogen-bond acceptors (Lipinski definition) is 2. The first-order valence-electron chi connectivity index (χ1n) is 12.1. The van der Waals surface area contributed by atoms with Gasteiger partial charge in [0.25, 0.3) is 11.4 Å². The van der Waals surface area contributed by atoms with Crippen molar-refractivity contribution < 1.29 is 9.58 Å². The number of benzene rings is 2. The molecule has 0 unspecified atom stereocenters. The van der Waals surface area contributed by atoms with E-state index in [1.165, 1.54) is 39.1 Å².